The van der Waals surface area contributed by atoms with Crippen LogP contribution in [0.3, 0.4) is 0 Å². The second kappa shape index (κ2) is 4.84. The molecular formula is C13H15FO3. The lowest BCUT2D eigenvalue weighted by atomic mass is 9.91. The average molecular weight is 238 g/mol. The van der Waals surface area contributed by atoms with E-state index >= 15 is 0 Å². The van der Waals surface area contributed by atoms with Crippen LogP contribution in [-0.4, -0.2) is 30.0 Å². The van der Waals surface area contributed by atoms with Crippen molar-refractivity contribution in [3.8, 4) is 0 Å². The Morgan fingerprint density at radius 2 is 2.12 bits per heavy atom. The van der Waals surface area contributed by atoms with Crippen LogP contribution in [-0.2, 0) is 11.2 Å². The molecule has 1 aromatic rings. The summed E-state index contributed by atoms with van der Waals surface area (Å²) in [6.07, 6.45) is 1.53. The van der Waals surface area contributed by atoms with Gasteiger partial charge in [0.2, 0.25) is 0 Å². The Kier molecular flexibility index (Phi) is 3.43. The molecule has 1 N–H and O–H groups in total. The standard InChI is InChI=1S/C13H15FO3/c14-13(6-1-7-17-9-13)8-10-2-4-11(5-3-10)12(15)16/h2-5H,1,6-9H2,(H,15,16). The van der Waals surface area contributed by atoms with Gasteiger partial charge in [-0.15, -0.1) is 0 Å². The Labute approximate surface area is 99.2 Å². The first kappa shape index (κ1) is 12.0. The van der Waals surface area contributed by atoms with Crippen molar-refractivity contribution >= 4 is 5.97 Å². The molecule has 3 nitrogen and oxygen atoms in total. The Morgan fingerprint density at radius 3 is 2.65 bits per heavy atom. The summed E-state index contributed by atoms with van der Waals surface area (Å²) in [5.74, 6) is -0.965. The quantitative estimate of drug-likeness (QED) is 0.879. The van der Waals surface area contributed by atoms with Gasteiger partial charge in [0.15, 0.2) is 0 Å². The molecule has 4 heteroatoms. The van der Waals surface area contributed by atoms with Crippen molar-refractivity contribution in [2.75, 3.05) is 13.2 Å². The van der Waals surface area contributed by atoms with Crippen LogP contribution in [0.4, 0.5) is 4.39 Å². The van der Waals surface area contributed by atoms with E-state index in [9.17, 15) is 9.18 Å². The van der Waals surface area contributed by atoms with Gasteiger partial charge in [-0.1, -0.05) is 12.1 Å². The van der Waals surface area contributed by atoms with Crippen molar-refractivity contribution in [2.24, 2.45) is 0 Å². The van der Waals surface area contributed by atoms with Crippen LogP contribution in [0.25, 0.3) is 0 Å². The maximum atomic E-state index is 14.3. The molecule has 0 aromatic heterocycles. The summed E-state index contributed by atoms with van der Waals surface area (Å²) in [5, 5.41) is 8.75. The van der Waals surface area contributed by atoms with Crippen LogP contribution in [0.2, 0.25) is 0 Å². The molecule has 2 rings (SSSR count). The summed E-state index contributed by atoms with van der Waals surface area (Å²) >= 11 is 0. The third-order valence-electron chi connectivity index (χ3n) is 3.00. The predicted octanol–water partition coefficient (Wildman–Crippen LogP) is 2.45. The van der Waals surface area contributed by atoms with Gasteiger partial charge in [-0.25, -0.2) is 9.18 Å². The Morgan fingerprint density at radius 1 is 1.41 bits per heavy atom. The van der Waals surface area contributed by atoms with Gasteiger partial charge in [-0.05, 0) is 30.5 Å². The number of benzene rings is 1. The minimum atomic E-state index is -1.30. The SMILES string of the molecule is O=C(O)c1ccc(CC2(F)CCCOC2)cc1. The largest absolute Gasteiger partial charge is 0.478 e. The molecule has 1 fully saturated rings. The molecule has 0 bridgehead atoms. The van der Waals surface area contributed by atoms with Gasteiger partial charge >= 0.3 is 5.97 Å². The molecule has 0 aliphatic carbocycles. The predicted molar refractivity (Wildman–Crippen MR) is 61.0 cm³/mol. The molecule has 0 saturated carbocycles. The number of alkyl halides is 1. The van der Waals surface area contributed by atoms with Crippen LogP contribution in [0.15, 0.2) is 24.3 Å². The fraction of sp³-hybridized carbons (Fsp3) is 0.462. The van der Waals surface area contributed by atoms with Crippen molar-refractivity contribution in [3.63, 3.8) is 0 Å². The number of halogens is 1. The van der Waals surface area contributed by atoms with Gasteiger partial charge < -0.3 is 9.84 Å². The summed E-state index contributed by atoms with van der Waals surface area (Å²) in [4.78, 5) is 10.7. The molecule has 0 spiro atoms. The molecule has 1 aromatic carbocycles. The number of carboxylic acids is 1. The Balaban J connectivity index is 2.05. The number of carbonyl (C=O) groups is 1. The molecular weight excluding hydrogens is 223 g/mol. The molecule has 17 heavy (non-hydrogen) atoms. The highest BCUT2D eigenvalue weighted by Crippen LogP contribution is 2.27. The first-order chi connectivity index (χ1) is 8.09. The van der Waals surface area contributed by atoms with Crippen molar-refractivity contribution < 1.29 is 19.0 Å². The second-order valence-corrected chi connectivity index (χ2v) is 4.49. The van der Waals surface area contributed by atoms with Gasteiger partial charge in [0, 0.05) is 13.0 Å². The van der Waals surface area contributed by atoms with E-state index in [1.807, 2.05) is 0 Å². The summed E-state index contributed by atoms with van der Waals surface area (Å²) in [5.41, 5.74) is -0.271. The van der Waals surface area contributed by atoms with Crippen molar-refractivity contribution in [3.05, 3.63) is 35.4 Å². The molecule has 0 radical (unpaired) electrons. The number of carboxylic acid groups (broad SMARTS) is 1. The zero-order valence-corrected chi connectivity index (χ0v) is 9.49. The highest BCUT2D eigenvalue weighted by molar-refractivity contribution is 5.87. The second-order valence-electron chi connectivity index (χ2n) is 4.49. The van der Waals surface area contributed by atoms with E-state index < -0.39 is 11.6 Å². The van der Waals surface area contributed by atoms with Gasteiger partial charge in [0.05, 0.1) is 12.2 Å². The molecule has 0 amide bonds. The lowest BCUT2D eigenvalue weighted by Crippen LogP contribution is -2.36. The Bertz CT molecular complexity index is 394. The third-order valence-corrected chi connectivity index (χ3v) is 3.00. The van der Waals surface area contributed by atoms with Gasteiger partial charge in [0.1, 0.15) is 5.67 Å². The number of hydrogen-bond acceptors (Lipinski definition) is 2. The number of aromatic carboxylic acids is 1. The number of hydrogen-bond donors (Lipinski definition) is 1. The monoisotopic (exact) mass is 238 g/mol. The molecule has 1 unspecified atom stereocenters. The fourth-order valence-electron chi connectivity index (χ4n) is 2.09. The molecule has 1 aliphatic rings. The lowest BCUT2D eigenvalue weighted by Gasteiger charge is -2.29. The van der Waals surface area contributed by atoms with Gasteiger partial charge in [-0.3, -0.25) is 0 Å². The first-order valence-corrected chi connectivity index (χ1v) is 5.68. The molecule has 1 atom stereocenters. The van der Waals surface area contributed by atoms with E-state index in [2.05, 4.69) is 0 Å². The lowest BCUT2D eigenvalue weighted by molar-refractivity contribution is -0.0308. The van der Waals surface area contributed by atoms with Crippen LogP contribution in [0, 0.1) is 0 Å². The number of ether oxygens (including phenoxy) is 1. The normalized spacial score (nSPS) is 24.5. The van der Waals surface area contributed by atoms with Crippen molar-refractivity contribution in [1.82, 2.24) is 0 Å². The van der Waals surface area contributed by atoms with Crippen LogP contribution >= 0.6 is 0 Å². The Hall–Kier alpha value is -1.42. The summed E-state index contributed by atoms with van der Waals surface area (Å²) in [6.45, 7) is 0.761. The van der Waals surface area contributed by atoms with Gasteiger partial charge in [-0.2, -0.15) is 0 Å². The van der Waals surface area contributed by atoms with Crippen LogP contribution < -0.4 is 0 Å². The maximum Gasteiger partial charge on any atom is 0.335 e. The highest BCUT2D eigenvalue weighted by Gasteiger charge is 2.32. The molecule has 1 heterocycles. The third kappa shape index (κ3) is 3.03. The zero-order valence-electron chi connectivity index (χ0n) is 9.49. The summed E-state index contributed by atoms with van der Waals surface area (Å²) in [6, 6.07) is 6.34. The van der Waals surface area contributed by atoms with E-state index in [0.29, 0.717) is 13.0 Å². The minimum Gasteiger partial charge on any atom is -0.478 e. The average Bonchev–Trinajstić information content (AvgIpc) is 2.30. The zero-order chi connectivity index (χ0) is 12.3. The van der Waals surface area contributed by atoms with E-state index in [1.165, 1.54) is 12.1 Å². The maximum absolute atomic E-state index is 14.3. The fourth-order valence-corrected chi connectivity index (χ4v) is 2.09. The van der Waals surface area contributed by atoms with Crippen molar-refractivity contribution in [1.29, 1.82) is 0 Å². The minimum absolute atomic E-state index is 0.133. The van der Waals surface area contributed by atoms with Crippen LogP contribution in [0.5, 0.6) is 0 Å². The number of rotatable bonds is 3. The van der Waals surface area contributed by atoms with Crippen molar-refractivity contribution in [2.45, 2.75) is 24.9 Å². The highest BCUT2D eigenvalue weighted by atomic mass is 19.1. The van der Waals surface area contributed by atoms with E-state index in [-0.39, 0.29) is 18.6 Å². The summed E-state index contributed by atoms with van der Waals surface area (Å²) < 4.78 is 19.4. The topological polar surface area (TPSA) is 46.5 Å². The molecule has 92 valence electrons. The van der Waals surface area contributed by atoms with Crippen LogP contribution in [0.1, 0.15) is 28.8 Å². The smallest absolute Gasteiger partial charge is 0.335 e. The van der Waals surface area contributed by atoms with E-state index in [1.54, 1.807) is 12.1 Å². The molecule has 1 aliphatic heterocycles. The molecule has 1 saturated heterocycles. The van der Waals surface area contributed by atoms with E-state index in [4.69, 9.17) is 9.84 Å². The van der Waals surface area contributed by atoms with E-state index in [0.717, 1.165) is 12.0 Å². The first-order valence-electron chi connectivity index (χ1n) is 5.68. The summed E-state index contributed by atoms with van der Waals surface area (Å²) in [7, 11) is 0. The van der Waals surface area contributed by atoms with Gasteiger partial charge in [0.25, 0.3) is 0 Å².